The first-order valence-electron chi connectivity index (χ1n) is 7.37. The molecule has 2 N–H and O–H groups in total. The average molecular weight is 274 g/mol. The van der Waals surface area contributed by atoms with Gasteiger partial charge >= 0.3 is 0 Å². The smallest absolute Gasteiger partial charge is 0.223 e. The van der Waals surface area contributed by atoms with Crippen LogP contribution in [0.3, 0.4) is 0 Å². The standard InChI is InChI=1S/C17H26N2O/c1-11-7-6-8-13(12(11)2)16-14(18)9-10-15(20)19(16)17(3,4)5/h6-8,14,16H,9-10,18H2,1-5H3. The Kier molecular flexibility index (Phi) is 3.92. The number of aryl methyl sites for hydroxylation is 1. The normalized spacial score (nSPS) is 24.1. The lowest BCUT2D eigenvalue weighted by Crippen LogP contribution is -2.56. The molecule has 1 aliphatic rings. The minimum atomic E-state index is -0.212. The summed E-state index contributed by atoms with van der Waals surface area (Å²) in [5.41, 5.74) is 9.87. The molecule has 2 atom stereocenters. The van der Waals surface area contributed by atoms with Gasteiger partial charge in [0.2, 0.25) is 5.91 Å². The number of likely N-dealkylation sites (tertiary alicyclic amines) is 1. The third-order valence-corrected chi connectivity index (χ3v) is 4.33. The van der Waals surface area contributed by atoms with Gasteiger partial charge in [-0.05, 0) is 57.7 Å². The molecule has 1 fully saturated rings. The lowest BCUT2D eigenvalue weighted by atomic mass is 9.84. The molecule has 0 spiro atoms. The van der Waals surface area contributed by atoms with E-state index in [9.17, 15) is 4.79 Å². The van der Waals surface area contributed by atoms with Crippen molar-refractivity contribution in [2.45, 2.75) is 65.1 Å². The van der Waals surface area contributed by atoms with E-state index in [4.69, 9.17) is 5.73 Å². The molecule has 2 rings (SSSR count). The van der Waals surface area contributed by atoms with E-state index in [1.54, 1.807) is 0 Å². The maximum Gasteiger partial charge on any atom is 0.223 e. The summed E-state index contributed by atoms with van der Waals surface area (Å²) in [5.74, 6) is 0.213. The first-order chi connectivity index (χ1) is 9.23. The molecule has 1 saturated heterocycles. The number of carbonyl (C=O) groups excluding carboxylic acids is 1. The lowest BCUT2D eigenvalue weighted by molar-refractivity contribution is -0.144. The predicted molar refractivity (Wildman–Crippen MR) is 82.5 cm³/mol. The van der Waals surface area contributed by atoms with Crippen LogP contribution in [0.2, 0.25) is 0 Å². The van der Waals surface area contributed by atoms with Gasteiger partial charge in [-0.15, -0.1) is 0 Å². The minimum Gasteiger partial charge on any atom is -0.329 e. The fourth-order valence-electron chi connectivity index (χ4n) is 3.17. The number of hydrogen-bond acceptors (Lipinski definition) is 2. The van der Waals surface area contributed by atoms with Crippen molar-refractivity contribution < 1.29 is 4.79 Å². The van der Waals surface area contributed by atoms with E-state index in [0.29, 0.717) is 6.42 Å². The Bertz CT molecular complexity index is 516. The van der Waals surface area contributed by atoms with E-state index < -0.39 is 0 Å². The second kappa shape index (κ2) is 5.21. The maximum atomic E-state index is 12.4. The molecule has 3 heteroatoms. The van der Waals surface area contributed by atoms with Gasteiger partial charge in [0, 0.05) is 18.0 Å². The van der Waals surface area contributed by atoms with E-state index in [1.165, 1.54) is 16.7 Å². The summed E-state index contributed by atoms with van der Waals surface area (Å²) in [4.78, 5) is 14.4. The lowest BCUT2D eigenvalue weighted by Gasteiger charge is -2.48. The molecular weight excluding hydrogens is 248 g/mol. The molecule has 110 valence electrons. The highest BCUT2D eigenvalue weighted by Crippen LogP contribution is 2.37. The van der Waals surface area contributed by atoms with Gasteiger partial charge < -0.3 is 10.6 Å². The van der Waals surface area contributed by atoms with E-state index in [0.717, 1.165) is 6.42 Å². The van der Waals surface area contributed by atoms with Gasteiger partial charge in [0.25, 0.3) is 0 Å². The van der Waals surface area contributed by atoms with Crippen molar-refractivity contribution in [1.82, 2.24) is 4.90 Å². The molecule has 2 unspecified atom stereocenters. The van der Waals surface area contributed by atoms with Crippen molar-refractivity contribution >= 4 is 5.91 Å². The molecular formula is C17H26N2O. The van der Waals surface area contributed by atoms with Gasteiger partial charge in [0.15, 0.2) is 0 Å². The number of nitrogens with two attached hydrogens (primary N) is 1. The van der Waals surface area contributed by atoms with Gasteiger partial charge in [-0.2, -0.15) is 0 Å². The highest BCUT2D eigenvalue weighted by molar-refractivity contribution is 5.79. The van der Waals surface area contributed by atoms with Crippen molar-refractivity contribution in [3.8, 4) is 0 Å². The number of hydrogen-bond donors (Lipinski definition) is 1. The Morgan fingerprint density at radius 3 is 2.50 bits per heavy atom. The average Bonchev–Trinajstić information content (AvgIpc) is 2.34. The summed E-state index contributed by atoms with van der Waals surface area (Å²) in [6, 6.07) is 6.27. The largest absolute Gasteiger partial charge is 0.329 e. The summed E-state index contributed by atoms with van der Waals surface area (Å²) >= 11 is 0. The number of carbonyl (C=O) groups is 1. The Morgan fingerprint density at radius 2 is 1.90 bits per heavy atom. The van der Waals surface area contributed by atoms with Gasteiger partial charge in [-0.3, -0.25) is 4.79 Å². The zero-order valence-corrected chi connectivity index (χ0v) is 13.2. The van der Waals surface area contributed by atoms with Crippen molar-refractivity contribution in [3.05, 3.63) is 34.9 Å². The highest BCUT2D eigenvalue weighted by Gasteiger charge is 2.41. The van der Waals surface area contributed by atoms with Crippen LogP contribution >= 0.6 is 0 Å². The van der Waals surface area contributed by atoms with Gasteiger partial charge in [0.1, 0.15) is 0 Å². The van der Waals surface area contributed by atoms with E-state index in [2.05, 4.69) is 52.8 Å². The van der Waals surface area contributed by atoms with Crippen LogP contribution in [0.1, 0.15) is 56.3 Å². The summed E-state index contributed by atoms with van der Waals surface area (Å²) in [6.07, 6.45) is 1.32. The summed E-state index contributed by atoms with van der Waals surface area (Å²) < 4.78 is 0. The molecule has 1 aromatic rings. The minimum absolute atomic E-state index is 0.00687. The SMILES string of the molecule is Cc1cccc(C2C(N)CCC(=O)N2C(C)(C)C)c1C. The Balaban J connectivity index is 2.54. The first kappa shape index (κ1) is 15.0. The molecule has 0 aromatic heterocycles. The van der Waals surface area contributed by atoms with E-state index in [-0.39, 0.29) is 23.5 Å². The van der Waals surface area contributed by atoms with Crippen LogP contribution in [0.4, 0.5) is 0 Å². The Labute approximate surface area is 122 Å². The molecule has 1 heterocycles. The molecule has 1 amide bonds. The molecule has 0 aliphatic carbocycles. The number of amides is 1. The van der Waals surface area contributed by atoms with Crippen LogP contribution in [0.15, 0.2) is 18.2 Å². The monoisotopic (exact) mass is 274 g/mol. The fourth-order valence-corrected chi connectivity index (χ4v) is 3.17. The molecule has 20 heavy (non-hydrogen) atoms. The molecule has 3 nitrogen and oxygen atoms in total. The van der Waals surface area contributed by atoms with Crippen molar-refractivity contribution in [2.24, 2.45) is 5.73 Å². The van der Waals surface area contributed by atoms with Crippen LogP contribution in [-0.4, -0.2) is 22.4 Å². The summed E-state index contributed by atoms with van der Waals surface area (Å²) in [5, 5.41) is 0. The van der Waals surface area contributed by atoms with E-state index in [1.807, 2.05) is 4.90 Å². The number of nitrogens with zero attached hydrogens (tertiary/aromatic N) is 1. The molecule has 0 saturated carbocycles. The quantitative estimate of drug-likeness (QED) is 0.855. The van der Waals surface area contributed by atoms with Crippen LogP contribution in [0.25, 0.3) is 0 Å². The first-order valence-corrected chi connectivity index (χ1v) is 7.37. The second-order valence-electron chi connectivity index (χ2n) is 6.87. The second-order valence-corrected chi connectivity index (χ2v) is 6.87. The van der Waals surface area contributed by atoms with Crippen molar-refractivity contribution in [2.75, 3.05) is 0 Å². The van der Waals surface area contributed by atoms with Gasteiger partial charge in [-0.1, -0.05) is 18.2 Å². The van der Waals surface area contributed by atoms with Crippen molar-refractivity contribution in [3.63, 3.8) is 0 Å². The van der Waals surface area contributed by atoms with Crippen molar-refractivity contribution in [1.29, 1.82) is 0 Å². The topological polar surface area (TPSA) is 46.3 Å². The molecule has 1 aromatic carbocycles. The van der Waals surface area contributed by atoms with Gasteiger partial charge in [-0.25, -0.2) is 0 Å². The predicted octanol–water partition coefficient (Wildman–Crippen LogP) is 3.09. The van der Waals surface area contributed by atoms with Crippen LogP contribution in [0, 0.1) is 13.8 Å². The van der Waals surface area contributed by atoms with Gasteiger partial charge in [0.05, 0.1) is 6.04 Å². The zero-order chi connectivity index (χ0) is 15.1. The van der Waals surface area contributed by atoms with Crippen LogP contribution < -0.4 is 5.73 Å². The number of rotatable bonds is 1. The molecule has 1 aliphatic heterocycles. The third-order valence-electron chi connectivity index (χ3n) is 4.33. The maximum absolute atomic E-state index is 12.4. The number of piperidine rings is 1. The Morgan fingerprint density at radius 1 is 1.25 bits per heavy atom. The summed E-state index contributed by atoms with van der Waals surface area (Å²) in [7, 11) is 0. The Hall–Kier alpha value is -1.35. The third kappa shape index (κ3) is 2.59. The zero-order valence-electron chi connectivity index (χ0n) is 13.2. The molecule has 0 bridgehead atoms. The van der Waals surface area contributed by atoms with Crippen LogP contribution in [0.5, 0.6) is 0 Å². The summed E-state index contributed by atoms with van der Waals surface area (Å²) in [6.45, 7) is 10.5. The van der Waals surface area contributed by atoms with E-state index >= 15 is 0 Å². The van der Waals surface area contributed by atoms with Crippen LogP contribution in [-0.2, 0) is 4.79 Å². The fraction of sp³-hybridized carbons (Fsp3) is 0.588. The highest BCUT2D eigenvalue weighted by atomic mass is 16.2. The molecule has 0 radical (unpaired) electrons. The number of benzene rings is 1.